The number of thiophene rings is 1. The molecule has 0 radical (unpaired) electrons. The molecule has 0 aliphatic carbocycles. The third-order valence-electron chi connectivity index (χ3n) is 3.52. The van der Waals surface area contributed by atoms with Crippen molar-refractivity contribution >= 4 is 34.5 Å². The van der Waals surface area contributed by atoms with Crippen molar-refractivity contribution in [1.82, 2.24) is 20.1 Å². The van der Waals surface area contributed by atoms with Gasteiger partial charge in [0.2, 0.25) is 5.91 Å². The van der Waals surface area contributed by atoms with Crippen LogP contribution < -0.4 is 5.32 Å². The zero-order valence-electron chi connectivity index (χ0n) is 15.2. The van der Waals surface area contributed by atoms with Crippen LogP contribution in [0.4, 0.5) is 0 Å². The maximum Gasteiger partial charge on any atom is 0.243 e. The molecule has 25 heavy (non-hydrogen) atoms. The first-order valence-corrected chi connectivity index (χ1v) is 9.84. The molecule has 0 fully saturated rings. The Balaban J connectivity index is 1.98. The SMILES string of the molecule is Cc1nc(CN(C)C(=NCC(=O)N(C)C)NCCc2cccs2)cs1. The summed E-state index contributed by atoms with van der Waals surface area (Å²) in [5.74, 6) is 0.702. The van der Waals surface area contributed by atoms with Gasteiger partial charge in [-0.15, -0.1) is 22.7 Å². The van der Waals surface area contributed by atoms with Gasteiger partial charge in [-0.3, -0.25) is 4.79 Å². The van der Waals surface area contributed by atoms with Crippen molar-refractivity contribution in [3.63, 3.8) is 0 Å². The zero-order chi connectivity index (χ0) is 18.2. The number of hydrogen-bond acceptors (Lipinski definition) is 5. The Hall–Kier alpha value is -1.93. The second-order valence-electron chi connectivity index (χ2n) is 5.90. The summed E-state index contributed by atoms with van der Waals surface area (Å²) in [5, 5.41) is 8.55. The van der Waals surface area contributed by atoms with Gasteiger partial charge in [-0.1, -0.05) is 6.07 Å². The molecule has 0 aromatic carbocycles. The topological polar surface area (TPSA) is 60.8 Å². The van der Waals surface area contributed by atoms with Crippen LogP contribution in [0.2, 0.25) is 0 Å². The normalized spacial score (nSPS) is 11.4. The Bertz CT molecular complexity index is 694. The molecule has 0 aliphatic heterocycles. The fourth-order valence-electron chi connectivity index (χ4n) is 2.15. The molecule has 136 valence electrons. The van der Waals surface area contributed by atoms with Crippen LogP contribution in [0, 0.1) is 6.92 Å². The molecular weight excluding hydrogens is 354 g/mol. The van der Waals surface area contributed by atoms with Gasteiger partial charge in [0.15, 0.2) is 5.96 Å². The first-order chi connectivity index (χ1) is 12.0. The lowest BCUT2D eigenvalue weighted by atomic mass is 10.3. The predicted molar refractivity (Wildman–Crippen MR) is 105 cm³/mol. The number of aryl methyl sites for hydroxylation is 1. The van der Waals surface area contributed by atoms with Gasteiger partial charge in [-0.05, 0) is 24.8 Å². The van der Waals surface area contributed by atoms with E-state index >= 15 is 0 Å². The summed E-state index contributed by atoms with van der Waals surface area (Å²) in [7, 11) is 5.44. The van der Waals surface area contributed by atoms with E-state index in [0.29, 0.717) is 6.54 Å². The fraction of sp³-hybridized carbons (Fsp3) is 0.471. The van der Waals surface area contributed by atoms with E-state index < -0.39 is 0 Å². The van der Waals surface area contributed by atoms with Crippen molar-refractivity contribution < 1.29 is 4.79 Å². The van der Waals surface area contributed by atoms with Gasteiger partial charge >= 0.3 is 0 Å². The van der Waals surface area contributed by atoms with Crippen molar-refractivity contribution in [2.75, 3.05) is 34.2 Å². The maximum atomic E-state index is 11.9. The summed E-state index contributed by atoms with van der Waals surface area (Å²) < 4.78 is 0. The Morgan fingerprint density at radius 3 is 2.72 bits per heavy atom. The molecule has 6 nitrogen and oxygen atoms in total. The number of hydrogen-bond donors (Lipinski definition) is 1. The predicted octanol–water partition coefficient (Wildman–Crippen LogP) is 2.22. The summed E-state index contributed by atoms with van der Waals surface area (Å²) in [5.41, 5.74) is 1.01. The van der Waals surface area contributed by atoms with Crippen molar-refractivity contribution in [2.45, 2.75) is 19.9 Å². The first-order valence-electron chi connectivity index (χ1n) is 8.08. The van der Waals surface area contributed by atoms with Crippen LogP contribution in [0.1, 0.15) is 15.6 Å². The lowest BCUT2D eigenvalue weighted by Crippen LogP contribution is -2.40. The van der Waals surface area contributed by atoms with Gasteiger partial charge in [0.05, 0.1) is 17.2 Å². The molecule has 2 aromatic heterocycles. The van der Waals surface area contributed by atoms with Crippen LogP contribution >= 0.6 is 22.7 Å². The van der Waals surface area contributed by atoms with E-state index in [-0.39, 0.29) is 12.5 Å². The molecule has 0 spiro atoms. The second-order valence-corrected chi connectivity index (χ2v) is 7.99. The highest BCUT2D eigenvalue weighted by Crippen LogP contribution is 2.10. The average Bonchev–Trinajstić information content (AvgIpc) is 3.21. The van der Waals surface area contributed by atoms with Gasteiger partial charge in [0.25, 0.3) is 0 Å². The number of carbonyl (C=O) groups is 1. The number of nitrogens with one attached hydrogen (secondary N) is 1. The number of guanidine groups is 1. The third kappa shape index (κ3) is 6.47. The Labute approximate surface area is 157 Å². The number of nitrogens with zero attached hydrogens (tertiary/aromatic N) is 4. The highest BCUT2D eigenvalue weighted by molar-refractivity contribution is 7.10. The summed E-state index contributed by atoms with van der Waals surface area (Å²) in [6, 6.07) is 4.18. The molecule has 0 saturated heterocycles. The number of thiazole rings is 1. The van der Waals surface area contributed by atoms with Gasteiger partial charge in [0, 0.05) is 37.9 Å². The molecule has 2 heterocycles. The number of likely N-dealkylation sites (N-methyl/N-ethyl adjacent to an activating group) is 1. The molecule has 2 aromatic rings. The van der Waals surface area contributed by atoms with E-state index in [9.17, 15) is 4.79 Å². The molecule has 8 heteroatoms. The molecule has 2 rings (SSSR count). The number of aromatic nitrogens is 1. The van der Waals surface area contributed by atoms with Gasteiger partial charge in [0.1, 0.15) is 6.54 Å². The fourth-order valence-corrected chi connectivity index (χ4v) is 3.46. The van der Waals surface area contributed by atoms with Crippen LogP contribution in [0.5, 0.6) is 0 Å². The van der Waals surface area contributed by atoms with Crippen molar-refractivity contribution in [3.8, 4) is 0 Å². The number of rotatable bonds is 7. The largest absolute Gasteiger partial charge is 0.356 e. The monoisotopic (exact) mass is 379 g/mol. The summed E-state index contributed by atoms with van der Waals surface area (Å²) >= 11 is 3.39. The smallest absolute Gasteiger partial charge is 0.243 e. The highest BCUT2D eigenvalue weighted by atomic mass is 32.1. The molecule has 0 aliphatic rings. The maximum absolute atomic E-state index is 11.9. The van der Waals surface area contributed by atoms with Gasteiger partial charge < -0.3 is 15.1 Å². The van der Waals surface area contributed by atoms with E-state index in [2.05, 4.69) is 38.2 Å². The van der Waals surface area contributed by atoms with Crippen LogP contribution in [0.15, 0.2) is 27.9 Å². The minimum atomic E-state index is -0.0181. The lowest BCUT2D eigenvalue weighted by Gasteiger charge is -2.22. The van der Waals surface area contributed by atoms with E-state index in [1.165, 1.54) is 4.88 Å². The average molecular weight is 380 g/mol. The molecule has 1 amide bonds. The van der Waals surface area contributed by atoms with Crippen molar-refractivity contribution in [1.29, 1.82) is 0 Å². The van der Waals surface area contributed by atoms with Crippen LogP contribution in [0.25, 0.3) is 0 Å². The molecule has 0 atom stereocenters. The van der Waals surface area contributed by atoms with Crippen LogP contribution in [0.3, 0.4) is 0 Å². The quantitative estimate of drug-likeness (QED) is 0.592. The summed E-state index contributed by atoms with van der Waals surface area (Å²) in [6.45, 7) is 3.56. The molecule has 0 saturated carbocycles. The van der Waals surface area contributed by atoms with Crippen LogP contribution in [-0.2, 0) is 17.8 Å². The Morgan fingerprint density at radius 2 is 2.12 bits per heavy atom. The summed E-state index contributed by atoms with van der Waals surface area (Å²) in [6.07, 6.45) is 0.933. The van der Waals surface area contributed by atoms with E-state index in [1.807, 2.05) is 18.9 Å². The number of amides is 1. The lowest BCUT2D eigenvalue weighted by molar-refractivity contribution is -0.127. The standard InChI is InChI=1S/C17H25N5OS2/c1-13-20-14(12-25-13)11-22(4)17(19-10-16(23)21(2)3)18-8-7-15-6-5-9-24-15/h5-6,9,12H,7-8,10-11H2,1-4H3,(H,18,19). The number of carbonyl (C=O) groups excluding carboxylic acids is 1. The van der Waals surface area contributed by atoms with Crippen molar-refractivity contribution in [3.05, 3.63) is 38.5 Å². The Kier molecular flexibility index (Phi) is 7.39. The first kappa shape index (κ1) is 19.4. The minimum Gasteiger partial charge on any atom is -0.356 e. The van der Waals surface area contributed by atoms with Crippen LogP contribution in [-0.4, -0.2) is 60.9 Å². The second kappa shape index (κ2) is 9.53. The van der Waals surface area contributed by atoms with Gasteiger partial charge in [-0.25, -0.2) is 9.98 Å². The third-order valence-corrected chi connectivity index (χ3v) is 5.28. The molecule has 0 unspecified atom stereocenters. The molecule has 1 N–H and O–H groups in total. The van der Waals surface area contributed by atoms with E-state index in [0.717, 1.165) is 29.6 Å². The summed E-state index contributed by atoms with van der Waals surface area (Å²) in [4.78, 5) is 25.7. The molecular formula is C17H25N5OS2. The van der Waals surface area contributed by atoms with E-state index in [4.69, 9.17) is 0 Å². The van der Waals surface area contributed by atoms with Gasteiger partial charge in [-0.2, -0.15) is 0 Å². The Morgan fingerprint density at radius 1 is 1.32 bits per heavy atom. The zero-order valence-corrected chi connectivity index (χ0v) is 16.8. The minimum absolute atomic E-state index is 0.0181. The number of aliphatic imine (C=N–C) groups is 1. The van der Waals surface area contributed by atoms with E-state index in [1.54, 1.807) is 41.7 Å². The molecule has 0 bridgehead atoms. The highest BCUT2D eigenvalue weighted by Gasteiger charge is 2.11. The van der Waals surface area contributed by atoms with Crippen molar-refractivity contribution in [2.24, 2.45) is 4.99 Å².